The summed E-state index contributed by atoms with van der Waals surface area (Å²) in [6.45, 7) is 5.82. The quantitative estimate of drug-likeness (QED) is 0.693. The van der Waals surface area contributed by atoms with Crippen molar-refractivity contribution in [2.75, 3.05) is 0 Å². The van der Waals surface area contributed by atoms with Gasteiger partial charge < -0.3 is 4.79 Å². The van der Waals surface area contributed by atoms with Crippen LogP contribution >= 0.6 is 0 Å². The zero-order valence-corrected chi connectivity index (χ0v) is 9.51. The molecule has 0 bridgehead atoms. The van der Waals surface area contributed by atoms with Crippen LogP contribution in [-0.2, 0) is 11.2 Å². The molecule has 1 nitrogen and oxygen atoms in total. The molecule has 0 aliphatic carbocycles. The molecule has 0 N–H and O–H groups in total. The maximum Gasteiger partial charge on any atom is 0.126 e. The normalized spacial score (nSPS) is 10.7. The highest BCUT2D eigenvalue weighted by atomic mass is 19.1. The summed E-state index contributed by atoms with van der Waals surface area (Å²) in [6.07, 6.45) is 2.11. The second kappa shape index (κ2) is 5.06. The van der Waals surface area contributed by atoms with Crippen LogP contribution in [0.4, 0.5) is 4.39 Å². The van der Waals surface area contributed by atoms with E-state index in [1.165, 1.54) is 0 Å². The van der Waals surface area contributed by atoms with E-state index in [1.54, 1.807) is 6.07 Å². The van der Waals surface area contributed by atoms with Crippen molar-refractivity contribution in [3.63, 3.8) is 0 Å². The van der Waals surface area contributed by atoms with Gasteiger partial charge in [-0.2, -0.15) is 0 Å². The first-order valence-corrected chi connectivity index (χ1v) is 5.28. The summed E-state index contributed by atoms with van der Waals surface area (Å²) >= 11 is 0. The summed E-state index contributed by atoms with van der Waals surface area (Å²) in [7, 11) is 0. The van der Waals surface area contributed by atoms with Crippen LogP contribution < -0.4 is 0 Å². The van der Waals surface area contributed by atoms with Crippen molar-refractivity contribution in [2.24, 2.45) is 0 Å². The molecule has 0 atom stereocenters. The fourth-order valence-corrected chi connectivity index (χ4v) is 1.66. The van der Waals surface area contributed by atoms with Crippen LogP contribution in [0.15, 0.2) is 12.1 Å². The van der Waals surface area contributed by atoms with Crippen molar-refractivity contribution in [3.8, 4) is 0 Å². The standard InChI is InChI=1S/C13H17FO/c1-9(2)12-8-11(5-4-6-15)10(3)7-13(12)14/h6-9H,4-5H2,1-3H3. The lowest BCUT2D eigenvalue weighted by atomic mass is 9.95. The van der Waals surface area contributed by atoms with Crippen LogP contribution in [0.3, 0.4) is 0 Å². The number of benzene rings is 1. The minimum Gasteiger partial charge on any atom is -0.303 e. The van der Waals surface area contributed by atoms with Crippen LogP contribution in [-0.4, -0.2) is 6.29 Å². The number of carbonyl (C=O) groups excluding carboxylic acids is 1. The zero-order valence-electron chi connectivity index (χ0n) is 9.51. The lowest BCUT2D eigenvalue weighted by Gasteiger charge is -2.12. The van der Waals surface area contributed by atoms with Gasteiger partial charge in [0.05, 0.1) is 0 Å². The van der Waals surface area contributed by atoms with E-state index in [1.807, 2.05) is 26.8 Å². The molecule has 0 heterocycles. The van der Waals surface area contributed by atoms with Gasteiger partial charge in [0.15, 0.2) is 0 Å². The molecule has 0 aliphatic heterocycles. The Labute approximate surface area is 90.3 Å². The Morgan fingerprint density at radius 2 is 2.07 bits per heavy atom. The van der Waals surface area contributed by atoms with Gasteiger partial charge in [-0.1, -0.05) is 19.9 Å². The number of carbonyl (C=O) groups is 1. The molecule has 2 heteroatoms. The third-order valence-corrected chi connectivity index (χ3v) is 2.61. The van der Waals surface area contributed by atoms with Crippen molar-refractivity contribution < 1.29 is 9.18 Å². The average molecular weight is 208 g/mol. The second-order valence-electron chi connectivity index (χ2n) is 4.16. The first-order chi connectivity index (χ1) is 7.06. The smallest absolute Gasteiger partial charge is 0.126 e. The molecule has 0 unspecified atom stereocenters. The third kappa shape index (κ3) is 2.88. The number of aryl methyl sites for hydroxylation is 2. The van der Waals surface area contributed by atoms with Crippen molar-refractivity contribution in [2.45, 2.75) is 39.5 Å². The molecule has 0 fully saturated rings. The zero-order chi connectivity index (χ0) is 11.4. The van der Waals surface area contributed by atoms with E-state index in [9.17, 15) is 9.18 Å². The fraction of sp³-hybridized carbons (Fsp3) is 0.462. The largest absolute Gasteiger partial charge is 0.303 e. The highest BCUT2D eigenvalue weighted by Gasteiger charge is 2.09. The molecule has 1 aromatic rings. The molecule has 1 rings (SSSR count). The molecule has 1 aromatic carbocycles. The SMILES string of the molecule is Cc1cc(F)c(C(C)C)cc1CCC=O. The van der Waals surface area contributed by atoms with Gasteiger partial charge in [0.1, 0.15) is 12.1 Å². The van der Waals surface area contributed by atoms with E-state index < -0.39 is 0 Å². The Bertz CT molecular complexity index is 356. The molecule has 0 radical (unpaired) electrons. The molecular formula is C13H17FO. The molecule has 0 spiro atoms. The third-order valence-electron chi connectivity index (χ3n) is 2.61. The van der Waals surface area contributed by atoms with Crippen molar-refractivity contribution in [3.05, 3.63) is 34.6 Å². The van der Waals surface area contributed by atoms with Crippen LogP contribution in [0.1, 0.15) is 42.9 Å². The summed E-state index contributed by atoms with van der Waals surface area (Å²) in [5.41, 5.74) is 2.74. The van der Waals surface area contributed by atoms with Gasteiger partial charge in [-0.05, 0) is 42.0 Å². The van der Waals surface area contributed by atoms with Crippen molar-refractivity contribution in [1.29, 1.82) is 0 Å². The summed E-state index contributed by atoms with van der Waals surface area (Å²) in [5.74, 6) is 0.0398. The molecule has 0 amide bonds. The summed E-state index contributed by atoms with van der Waals surface area (Å²) in [4.78, 5) is 10.3. The number of hydrogen-bond donors (Lipinski definition) is 0. The first-order valence-electron chi connectivity index (χ1n) is 5.28. The van der Waals surface area contributed by atoms with Crippen molar-refractivity contribution >= 4 is 6.29 Å². The minimum atomic E-state index is -0.141. The van der Waals surface area contributed by atoms with Gasteiger partial charge in [0, 0.05) is 6.42 Å². The highest BCUT2D eigenvalue weighted by Crippen LogP contribution is 2.23. The van der Waals surface area contributed by atoms with Crippen LogP contribution in [0, 0.1) is 12.7 Å². The fourth-order valence-electron chi connectivity index (χ4n) is 1.66. The van der Waals surface area contributed by atoms with Gasteiger partial charge in [0.25, 0.3) is 0 Å². The maximum atomic E-state index is 13.5. The Morgan fingerprint density at radius 3 is 2.60 bits per heavy atom. The maximum absolute atomic E-state index is 13.5. The predicted octanol–water partition coefficient (Wildman–Crippen LogP) is 3.39. The first kappa shape index (κ1) is 11.9. The molecule has 0 saturated heterocycles. The molecule has 0 aliphatic rings. The summed E-state index contributed by atoms with van der Waals surface area (Å²) in [6, 6.07) is 3.45. The Morgan fingerprint density at radius 1 is 1.40 bits per heavy atom. The lowest BCUT2D eigenvalue weighted by Crippen LogP contribution is -1.99. The van der Waals surface area contributed by atoms with E-state index in [-0.39, 0.29) is 11.7 Å². The number of aldehydes is 1. The van der Waals surface area contributed by atoms with Crippen LogP contribution in [0.5, 0.6) is 0 Å². The van der Waals surface area contributed by atoms with Crippen molar-refractivity contribution in [1.82, 2.24) is 0 Å². The number of hydrogen-bond acceptors (Lipinski definition) is 1. The number of halogens is 1. The Hall–Kier alpha value is -1.18. The minimum absolute atomic E-state index is 0.141. The molecule has 0 aromatic heterocycles. The monoisotopic (exact) mass is 208 g/mol. The average Bonchev–Trinajstić information content (AvgIpc) is 2.16. The van der Waals surface area contributed by atoms with Gasteiger partial charge >= 0.3 is 0 Å². The summed E-state index contributed by atoms with van der Waals surface area (Å²) in [5, 5.41) is 0. The van der Waals surface area contributed by atoms with Gasteiger partial charge in [0.2, 0.25) is 0 Å². The van der Waals surface area contributed by atoms with Gasteiger partial charge in [-0.25, -0.2) is 4.39 Å². The van der Waals surface area contributed by atoms with E-state index >= 15 is 0 Å². The van der Waals surface area contributed by atoms with Crippen LogP contribution in [0.2, 0.25) is 0 Å². The highest BCUT2D eigenvalue weighted by molar-refractivity contribution is 5.50. The topological polar surface area (TPSA) is 17.1 Å². The Balaban J connectivity index is 3.05. The Kier molecular flexibility index (Phi) is 4.01. The van der Waals surface area contributed by atoms with Gasteiger partial charge in [-0.3, -0.25) is 0 Å². The molecule has 15 heavy (non-hydrogen) atoms. The second-order valence-corrected chi connectivity index (χ2v) is 4.16. The predicted molar refractivity (Wildman–Crippen MR) is 59.6 cm³/mol. The molecule has 0 saturated carbocycles. The lowest BCUT2D eigenvalue weighted by molar-refractivity contribution is -0.107. The molecule has 82 valence electrons. The number of rotatable bonds is 4. The van der Waals surface area contributed by atoms with E-state index in [0.29, 0.717) is 12.8 Å². The van der Waals surface area contributed by atoms with E-state index in [0.717, 1.165) is 23.0 Å². The van der Waals surface area contributed by atoms with Gasteiger partial charge in [-0.15, -0.1) is 0 Å². The van der Waals surface area contributed by atoms with E-state index in [2.05, 4.69) is 0 Å². The molecular weight excluding hydrogens is 191 g/mol. The van der Waals surface area contributed by atoms with Crippen LogP contribution in [0.25, 0.3) is 0 Å². The van der Waals surface area contributed by atoms with E-state index in [4.69, 9.17) is 0 Å². The summed E-state index contributed by atoms with van der Waals surface area (Å²) < 4.78 is 13.5.